The summed E-state index contributed by atoms with van der Waals surface area (Å²) >= 11 is 0. The lowest BCUT2D eigenvalue weighted by Gasteiger charge is -2.27. The van der Waals surface area contributed by atoms with Crippen LogP contribution in [0.1, 0.15) is 15.9 Å². The highest BCUT2D eigenvalue weighted by Gasteiger charge is 2.46. The van der Waals surface area contributed by atoms with Crippen LogP contribution in [0, 0.1) is 0 Å². The molecule has 2 rings (SSSR count). The van der Waals surface area contributed by atoms with Crippen LogP contribution in [0.25, 0.3) is 0 Å². The van der Waals surface area contributed by atoms with Crippen molar-refractivity contribution in [3.05, 3.63) is 29.3 Å². The summed E-state index contributed by atoms with van der Waals surface area (Å²) < 4.78 is 36.9. The van der Waals surface area contributed by atoms with Crippen LogP contribution in [0.5, 0.6) is 0 Å². The average Bonchev–Trinajstić information content (AvgIpc) is 2.28. The number of imide groups is 1. The SMILES string of the molecule is Nc1ccc2c(c1)C(=O)N(C(=O)C(F)(F)F)CC2. The molecule has 2 N–H and O–H groups in total. The van der Waals surface area contributed by atoms with Crippen molar-refractivity contribution in [3.63, 3.8) is 0 Å². The van der Waals surface area contributed by atoms with Crippen LogP contribution in [0.3, 0.4) is 0 Å². The number of alkyl halides is 3. The average molecular weight is 258 g/mol. The number of anilines is 1. The van der Waals surface area contributed by atoms with Crippen LogP contribution in [0.4, 0.5) is 18.9 Å². The van der Waals surface area contributed by atoms with Crippen LogP contribution in [0.15, 0.2) is 18.2 Å². The van der Waals surface area contributed by atoms with Gasteiger partial charge in [-0.1, -0.05) is 6.07 Å². The molecule has 1 heterocycles. The maximum absolute atomic E-state index is 12.3. The fourth-order valence-corrected chi connectivity index (χ4v) is 1.84. The zero-order valence-corrected chi connectivity index (χ0v) is 9.12. The van der Waals surface area contributed by atoms with Gasteiger partial charge in [-0.05, 0) is 24.1 Å². The summed E-state index contributed by atoms with van der Waals surface area (Å²) in [7, 11) is 0. The number of nitrogens with two attached hydrogens (primary N) is 1. The first kappa shape index (κ1) is 12.4. The van der Waals surface area contributed by atoms with Gasteiger partial charge in [-0.25, -0.2) is 0 Å². The third kappa shape index (κ3) is 2.03. The van der Waals surface area contributed by atoms with Gasteiger partial charge in [0.05, 0.1) is 0 Å². The van der Waals surface area contributed by atoms with E-state index in [0.717, 1.165) is 0 Å². The Bertz CT molecular complexity index is 526. The number of nitrogen functional groups attached to an aromatic ring is 1. The number of hydrogen-bond acceptors (Lipinski definition) is 3. The largest absolute Gasteiger partial charge is 0.471 e. The summed E-state index contributed by atoms with van der Waals surface area (Å²) in [6.07, 6.45) is -4.85. The van der Waals surface area contributed by atoms with Gasteiger partial charge in [0.2, 0.25) is 0 Å². The van der Waals surface area contributed by atoms with Crippen molar-refractivity contribution in [3.8, 4) is 0 Å². The van der Waals surface area contributed by atoms with Gasteiger partial charge in [-0.3, -0.25) is 14.5 Å². The van der Waals surface area contributed by atoms with Crippen molar-refractivity contribution in [2.75, 3.05) is 12.3 Å². The number of amides is 2. The minimum atomic E-state index is -5.05. The molecule has 0 aromatic heterocycles. The number of nitrogens with zero attached hydrogens (tertiary/aromatic N) is 1. The molecule has 0 aliphatic carbocycles. The highest BCUT2D eigenvalue weighted by molar-refractivity contribution is 6.08. The molecule has 2 amide bonds. The van der Waals surface area contributed by atoms with Crippen LogP contribution < -0.4 is 5.73 Å². The Labute approximate surface area is 100 Å². The number of fused-ring (bicyclic) bond motifs is 1. The fraction of sp³-hybridized carbons (Fsp3) is 0.273. The van der Waals surface area contributed by atoms with Gasteiger partial charge in [-0.15, -0.1) is 0 Å². The molecule has 0 bridgehead atoms. The van der Waals surface area contributed by atoms with Crippen LogP contribution in [-0.2, 0) is 11.2 Å². The monoisotopic (exact) mass is 258 g/mol. The van der Waals surface area contributed by atoms with Crippen molar-refractivity contribution >= 4 is 17.5 Å². The Morgan fingerprint density at radius 1 is 1.33 bits per heavy atom. The van der Waals surface area contributed by atoms with Gasteiger partial charge in [0.25, 0.3) is 5.91 Å². The van der Waals surface area contributed by atoms with E-state index in [1.54, 1.807) is 12.1 Å². The van der Waals surface area contributed by atoms with Crippen molar-refractivity contribution < 1.29 is 22.8 Å². The maximum atomic E-state index is 12.3. The van der Waals surface area contributed by atoms with E-state index in [9.17, 15) is 22.8 Å². The lowest BCUT2D eigenvalue weighted by atomic mass is 9.98. The lowest BCUT2D eigenvalue weighted by molar-refractivity contribution is -0.182. The first-order chi connectivity index (χ1) is 8.30. The highest BCUT2D eigenvalue weighted by Crippen LogP contribution is 2.25. The van der Waals surface area contributed by atoms with Gasteiger partial charge >= 0.3 is 12.1 Å². The summed E-state index contributed by atoms with van der Waals surface area (Å²) in [4.78, 5) is 23.1. The molecule has 1 aromatic carbocycles. The van der Waals surface area contributed by atoms with Gasteiger partial charge in [-0.2, -0.15) is 13.2 Å². The second-order valence-electron chi connectivity index (χ2n) is 3.93. The third-order valence-corrected chi connectivity index (χ3v) is 2.70. The van der Waals surface area contributed by atoms with E-state index in [1.165, 1.54) is 6.07 Å². The predicted octanol–water partition coefficient (Wildman–Crippen LogP) is 1.36. The molecular weight excluding hydrogens is 249 g/mol. The highest BCUT2D eigenvalue weighted by atomic mass is 19.4. The predicted molar refractivity (Wildman–Crippen MR) is 56.7 cm³/mol. The van der Waals surface area contributed by atoms with Crippen molar-refractivity contribution in [1.82, 2.24) is 4.90 Å². The molecular formula is C11H9F3N2O2. The molecule has 1 aliphatic rings. The molecule has 0 saturated carbocycles. The van der Waals surface area contributed by atoms with Crippen LogP contribution in [-0.4, -0.2) is 29.4 Å². The molecule has 0 spiro atoms. The number of carbonyl (C=O) groups is 2. The van der Waals surface area contributed by atoms with Crippen molar-refractivity contribution in [1.29, 1.82) is 0 Å². The molecule has 1 aliphatic heterocycles. The van der Waals surface area contributed by atoms with E-state index in [-0.39, 0.29) is 29.1 Å². The van der Waals surface area contributed by atoms with E-state index in [2.05, 4.69) is 0 Å². The zero-order chi connectivity index (χ0) is 13.5. The quantitative estimate of drug-likeness (QED) is 0.714. The lowest BCUT2D eigenvalue weighted by Crippen LogP contribution is -2.48. The smallest absolute Gasteiger partial charge is 0.399 e. The van der Waals surface area contributed by atoms with Gasteiger partial charge in [0, 0.05) is 17.8 Å². The fourth-order valence-electron chi connectivity index (χ4n) is 1.84. The van der Waals surface area contributed by atoms with E-state index in [4.69, 9.17) is 5.73 Å². The zero-order valence-electron chi connectivity index (χ0n) is 9.12. The Morgan fingerprint density at radius 2 is 2.00 bits per heavy atom. The van der Waals surface area contributed by atoms with Crippen LogP contribution in [0.2, 0.25) is 0 Å². The number of hydrogen-bond donors (Lipinski definition) is 1. The molecule has 0 atom stereocenters. The topological polar surface area (TPSA) is 63.4 Å². The van der Waals surface area contributed by atoms with Gasteiger partial charge in [0.15, 0.2) is 0 Å². The minimum Gasteiger partial charge on any atom is -0.399 e. The Balaban J connectivity index is 2.36. The number of benzene rings is 1. The molecule has 18 heavy (non-hydrogen) atoms. The summed E-state index contributed by atoms with van der Waals surface area (Å²) in [5, 5.41) is 0. The van der Waals surface area contributed by atoms with Crippen molar-refractivity contribution in [2.24, 2.45) is 0 Å². The summed E-state index contributed by atoms with van der Waals surface area (Å²) in [6.45, 7) is -0.270. The van der Waals surface area contributed by atoms with Crippen LogP contribution >= 0.6 is 0 Å². The second-order valence-corrected chi connectivity index (χ2v) is 3.93. The Kier molecular flexibility index (Phi) is 2.76. The van der Waals surface area contributed by atoms with E-state index in [1.807, 2.05) is 0 Å². The summed E-state index contributed by atoms with van der Waals surface area (Å²) in [5.74, 6) is -3.09. The van der Waals surface area contributed by atoms with Gasteiger partial charge < -0.3 is 5.73 Å². The second kappa shape index (κ2) is 4.01. The molecule has 0 saturated heterocycles. The molecule has 96 valence electrons. The molecule has 1 aromatic rings. The summed E-state index contributed by atoms with van der Waals surface area (Å²) in [5.41, 5.74) is 6.39. The minimum absolute atomic E-state index is 0.0545. The standard InChI is InChI=1S/C11H9F3N2O2/c12-11(13,14)10(18)16-4-3-6-1-2-7(15)5-8(6)9(16)17/h1-2,5H,3-4,15H2. The third-order valence-electron chi connectivity index (χ3n) is 2.70. The molecule has 0 unspecified atom stereocenters. The van der Waals surface area contributed by atoms with E-state index in [0.29, 0.717) is 5.56 Å². The van der Waals surface area contributed by atoms with Gasteiger partial charge in [0.1, 0.15) is 0 Å². The van der Waals surface area contributed by atoms with E-state index >= 15 is 0 Å². The molecule has 7 heteroatoms. The number of rotatable bonds is 0. The molecule has 4 nitrogen and oxygen atoms in total. The normalized spacial score (nSPS) is 15.5. The summed E-state index contributed by atoms with van der Waals surface area (Å²) in [6, 6.07) is 4.43. The van der Waals surface area contributed by atoms with Crippen molar-refractivity contribution in [2.45, 2.75) is 12.6 Å². The Hall–Kier alpha value is -2.05. The maximum Gasteiger partial charge on any atom is 0.471 e. The number of carbonyl (C=O) groups excluding carboxylic acids is 2. The molecule has 0 radical (unpaired) electrons. The molecule has 0 fully saturated rings. The first-order valence-electron chi connectivity index (χ1n) is 5.12. The first-order valence-corrected chi connectivity index (χ1v) is 5.12. The number of halogens is 3. The Morgan fingerprint density at radius 3 is 2.61 bits per heavy atom. The van der Waals surface area contributed by atoms with E-state index < -0.39 is 18.0 Å².